The highest BCUT2D eigenvalue weighted by atomic mass is 15.2. The third kappa shape index (κ3) is 2.91. The Morgan fingerprint density at radius 3 is 3.00 bits per heavy atom. The molecule has 0 saturated carbocycles. The largest absolute Gasteiger partial charge is 0.399 e. The Balaban J connectivity index is 1.99. The summed E-state index contributed by atoms with van der Waals surface area (Å²) in [5, 5.41) is 0. The number of rotatable bonds is 4. The van der Waals surface area contributed by atoms with Crippen LogP contribution in [0, 0.1) is 0 Å². The smallest absolute Gasteiger partial charge is 0.0384 e. The van der Waals surface area contributed by atoms with Gasteiger partial charge in [0.1, 0.15) is 0 Å². The lowest BCUT2D eigenvalue weighted by molar-refractivity contribution is 0.270. The molecule has 2 N–H and O–H groups in total. The van der Waals surface area contributed by atoms with Crippen LogP contribution in [0.3, 0.4) is 0 Å². The number of nitrogens with two attached hydrogens (primary N) is 1. The first-order chi connectivity index (χ1) is 8.20. The maximum atomic E-state index is 5.82. The summed E-state index contributed by atoms with van der Waals surface area (Å²) >= 11 is 0. The SMILES string of the molecule is CCN1CCCC1CN(C)c1cccc(N)c1. The van der Waals surface area contributed by atoms with E-state index in [1.165, 1.54) is 25.1 Å². The number of likely N-dealkylation sites (tertiary alicyclic amines) is 1. The Bertz CT molecular complexity index is 364. The van der Waals surface area contributed by atoms with Crippen LogP contribution in [-0.2, 0) is 0 Å². The Morgan fingerprint density at radius 2 is 2.29 bits per heavy atom. The quantitative estimate of drug-likeness (QED) is 0.809. The first-order valence-corrected chi connectivity index (χ1v) is 6.51. The number of hydrogen-bond donors (Lipinski definition) is 1. The molecule has 1 aliphatic heterocycles. The van der Waals surface area contributed by atoms with Gasteiger partial charge in [0.2, 0.25) is 0 Å². The van der Waals surface area contributed by atoms with Gasteiger partial charge in [-0.15, -0.1) is 0 Å². The molecule has 17 heavy (non-hydrogen) atoms. The molecule has 1 saturated heterocycles. The van der Waals surface area contributed by atoms with Crippen molar-refractivity contribution in [2.75, 3.05) is 37.3 Å². The van der Waals surface area contributed by atoms with Crippen LogP contribution >= 0.6 is 0 Å². The highest BCUT2D eigenvalue weighted by Crippen LogP contribution is 2.21. The van der Waals surface area contributed by atoms with Gasteiger partial charge in [0.05, 0.1) is 0 Å². The van der Waals surface area contributed by atoms with E-state index in [0.29, 0.717) is 6.04 Å². The molecule has 94 valence electrons. The average Bonchev–Trinajstić information content (AvgIpc) is 2.76. The normalized spacial score (nSPS) is 20.7. The lowest BCUT2D eigenvalue weighted by atomic mass is 10.2. The molecule has 1 fully saturated rings. The molecule has 1 heterocycles. The predicted molar refractivity (Wildman–Crippen MR) is 74.4 cm³/mol. The van der Waals surface area contributed by atoms with Gasteiger partial charge in [-0.2, -0.15) is 0 Å². The number of anilines is 2. The first-order valence-electron chi connectivity index (χ1n) is 6.51. The zero-order chi connectivity index (χ0) is 12.3. The van der Waals surface area contributed by atoms with Gasteiger partial charge in [0.25, 0.3) is 0 Å². The number of nitrogen functional groups attached to an aromatic ring is 1. The summed E-state index contributed by atoms with van der Waals surface area (Å²) in [4.78, 5) is 4.89. The molecule has 0 spiro atoms. The van der Waals surface area contributed by atoms with E-state index in [1.54, 1.807) is 0 Å². The molecule has 3 nitrogen and oxygen atoms in total. The van der Waals surface area contributed by atoms with Crippen LogP contribution in [0.15, 0.2) is 24.3 Å². The molecule has 2 rings (SSSR count). The van der Waals surface area contributed by atoms with E-state index < -0.39 is 0 Å². The van der Waals surface area contributed by atoms with Gasteiger partial charge in [-0.1, -0.05) is 13.0 Å². The van der Waals surface area contributed by atoms with Crippen LogP contribution < -0.4 is 10.6 Å². The molecule has 1 aliphatic rings. The molecule has 0 aliphatic carbocycles. The standard InChI is InChI=1S/C14H23N3/c1-3-17-9-5-8-14(17)11-16(2)13-7-4-6-12(15)10-13/h4,6-7,10,14H,3,5,8-9,11,15H2,1-2H3. The summed E-state index contributed by atoms with van der Waals surface area (Å²) in [6.07, 6.45) is 2.66. The highest BCUT2D eigenvalue weighted by Gasteiger charge is 2.24. The van der Waals surface area contributed by atoms with Crippen molar-refractivity contribution in [3.8, 4) is 0 Å². The maximum absolute atomic E-state index is 5.82. The van der Waals surface area contributed by atoms with Crippen molar-refractivity contribution in [3.05, 3.63) is 24.3 Å². The summed E-state index contributed by atoms with van der Waals surface area (Å²) in [5.74, 6) is 0. The molecule has 1 aromatic rings. The van der Waals surface area contributed by atoms with Crippen molar-refractivity contribution < 1.29 is 0 Å². The van der Waals surface area contributed by atoms with Gasteiger partial charge in [-0.3, -0.25) is 4.90 Å². The minimum absolute atomic E-state index is 0.700. The predicted octanol–water partition coefficient (Wildman–Crippen LogP) is 2.19. The summed E-state index contributed by atoms with van der Waals surface area (Å²) in [5.41, 5.74) is 7.88. The molecular weight excluding hydrogens is 210 g/mol. The fourth-order valence-electron chi connectivity index (χ4n) is 2.70. The van der Waals surface area contributed by atoms with Gasteiger partial charge in [0, 0.05) is 31.0 Å². The number of nitrogens with zero attached hydrogens (tertiary/aromatic N) is 2. The number of benzene rings is 1. The van der Waals surface area contributed by atoms with Gasteiger partial charge < -0.3 is 10.6 Å². The molecular formula is C14H23N3. The second kappa shape index (κ2) is 5.41. The topological polar surface area (TPSA) is 32.5 Å². The summed E-state index contributed by atoms with van der Waals surface area (Å²) in [7, 11) is 2.15. The van der Waals surface area contributed by atoms with Crippen molar-refractivity contribution in [2.24, 2.45) is 0 Å². The van der Waals surface area contributed by atoms with E-state index in [2.05, 4.69) is 29.8 Å². The van der Waals surface area contributed by atoms with Crippen molar-refractivity contribution in [3.63, 3.8) is 0 Å². The van der Waals surface area contributed by atoms with Gasteiger partial charge in [0.15, 0.2) is 0 Å². The Labute approximate surface area is 104 Å². The third-order valence-corrected chi connectivity index (χ3v) is 3.70. The average molecular weight is 233 g/mol. The van der Waals surface area contributed by atoms with Crippen LogP contribution in [0.25, 0.3) is 0 Å². The van der Waals surface area contributed by atoms with Crippen LogP contribution in [0.5, 0.6) is 0 Å². The van der Waals surface area contributed by atoms with Gasteiger partial charge in [-0.05, 0) is 44.1 Å². The minimum atomic E-state index is 0.700. The second-order valence-electron chi connectivity index (χ2n) is 4.90. The van der Waals surface area contributed by atoms with E-state index in [1.807, 2.05) is 18.2 Å². The van der Waals surface area contributed by atoms with E-state index in [9.17, 15) is 0 Å². The molecule has 0 radical (unpaired) electrons. The third-order valence-electron chi connectivity index (χ3n) is 3.70. The maximum Gasteiger partial charge on any atom is 0.0384 e. The van der Waals surface area contributed by atoms with E-state index in [0.717, 1.165) is 18.8 Å². The minimum Gasteiger partial charge on any atom is -0.399 e. The van der Waals surface area contributed by atoms with Crippen LogP contribution in [-0.4, -0.2) is 37.6 Å². The summed E-state index contributed by atoms with van der Waals surface area (Å²) in [6, 6.07) is 8.83. The zero-order valence-electron chi connectivity index (χ0n) is 10.9. The lowest BCUT2D eigenvalue weighted by Gasteiger charge is -2.29. The van der Waals surface area contributed by atoms with Crippen molar-refractivity contribution in [2.45, 2.75) is 25.8 Å². The molecule has 0 bridgehead atoms. The van der Waals surface area contributed by atoms with Gasteiger partial charge >= 0.3 is 0 Å². The summed E-state index contributed by atoms with van der Waals surface area (Å²) in [6.45, 7) is 5.76. The lowest BCUT2D eigenvalue weighted by Crippen LogP contribution is -2.38. The Kier molecular flexibility index (Phi) is 3.89. The fraction of sp³-hybridized carbons (Fsp3) is 0.571. The Morgan fingerprint density at radius 1 is 1.47 bits per heavy atom. The first kappa shape index (κ1) is 12.2. The molecule has 3 heteroatoms. The second-order valence-corrected chi connectivity index (χ2v) is 4.90. The molecule has 1 aromatic carbocycles. The summed E-state index contributed by atoms with van der Waals surface area (Å²) < 4.78 is 0. The molecule has 0 aromatic heterocycles. The number of likely N-dealkylation sites (N-methyl/N-ethyl adjacent to an activating group) is 2. The van der Waals surface area contributed by atoms with E-state index >= 15 is 0 Å². The molecule has 1 unspecified atom stereocenters. The molecule has 1 atom stereocenters. The van der Waals surface area contributed by atoms with Crippen molar-refractivity contribution in [1.82, 2.24) is 4.90 Å². The van der Waals surface area contributed by atoms with Crippen LogP contribution in [0.2, 0.25) is 0 Å². The van der Waals surface area contributed by atoms with Gasteiger partial charge in [-0.25, -0.2) is 0 Å². The fourth-order valence-corrected chi connectivity index (χ4v) is 2.70. The molecule has 0 amide bonds. The Hall–Kier alpha value is -1.22. The van der Waals surface area contributed by atoms with Crippen LogP contribution in [0.4, 0.5) is 11.4 Å². The highest BCUT2D eigenvalue weighted by molar-refractivity contribution is 5.55. The number of hydrogen-bond acceptors (Lipinski definition) is 3. The van der Waals surface area contributed by atoms with E-state index in [4.69, 9.17) is 5.73 Å². The zero-order valence-corrected chi connectivity index (χ0v) is 10.9. The van der Waals surface area contributed by atoms with Crippen molar-refractivity contribution in [1.29, 1.82) is 0 Å². The van der Waals surface area contributed by atoms with Crippen molar-refractivity contribution >= 4 is 11.4 Å². The van der Waals surface area contributed by atoms with E-state index in [-0.39, 0.29) is 0 Å². The van der Waals surface area contributed by atoms with Crippen LogP contribution in [0.1, 0.15) is 19.8 Å². The monoisotopic (exact) mass is 233 g/mol.